The van der Waals surface area contributed by atoms with Crippen molar-refractivity contribution >= 4 is 17.3 Å². The predicted molar refractivity (Wildman–Crippen MR) is 109 cm³/mol. The van der Waals surface area contributed by atoms with Crippen molar-refractivity contribution in [3.8, 4) is 11.4 Å². The summed E-state index contributed by atoms with van der Waals surface area (Å²) in [5.41, 5.74) is 9.72. The molecule has 1 aliphatic rings. The van der Waals surface area contributed by atoms with Gasteiger partial charge in [0.25, 0.3) is 5.56 Å². The summed E-state index contributed by atoms with van der Waals surface area (Å²) >= 11 is 6.29. The number of halogens is 2. The Morgan fingerprint density at radius 2 is 2.00 bits per heavy atom. The second-order valence-electron chi connectivity index (χ2n) is 7.08. The molecule has 4 rings (SSSR count). The Labute approximate surface area is 167 Å². The van der Waals surface area contributed by atoms with Crippen LogP contribution in [0.3, 0.4) is 0 Å². The van der Waals surface area contributed by atoms with Crippen LogP contribution in [0.25, 0.3) is 11.4 Å². The van der Waals surface area contributed by atoms with Crippen LogP contribution in [0.1, 0.15) is 22.4 Å². The number of hydrogen-bond donors (Lipinski definition) is 2. The summed E-state index contributed by atoms with van der Waals surface area (Å²) in [7, 11) is 0. The topological polar surface area (TPSA) is 75.0 Å². The van der Waals surface area contributed by atoms with Crippen molar-refractivity contribution in [2.45, 2.75) is 26.4 Å². The van der Waals surface area contributed by atoms with Gasteiger partial charge in [0.1, 0.15) is 11.6 Å². The summed E-state index contributed by atoms with van der Waals surface area (Å²) in [6.07, 6.45) is 0.617. The van der Waals surface area contributed by atoms with Gasteiger partial charge in [0.05, 0.1) is 16.3 Å². The van der Waals surface area contributed by atoms with E-state index >= 15 is 0 Å². The molecule has 0 saturated carbocycles. The fraction of sp³-hybridized carbons (Fsp3) is 0.238. The number of nitrogens with one attached hydrogen (secondary N) is 1. The molecule has 2 aromatic carbocycles. The third-order valence-corrected chi connectivity index (χ3v) is 5.62. The number of aromatic amines is 1. The number of nitrogens with zero attached hydrogens (tertiary/aromatic N) is 2. The molecular formula is C21H20ClFN4O. The first kappa shape index (κ1) is 18.7. The summed E-state index contributed by atoms with van der Waals surface area (Å²) in [6.45, 7) is 3.28. The number of benzene rings is 2. The zero-order valence-corrected chi connectivity index (χ0v) is 16.2. The molecule has 0 aliphatic carbocycles. The van der Waals surface area contributed by atoms with Crippen LogP contribution in [0.4, 0.5) is 10.1 Å². The van der Waals surface area contributed by atoms with Gasteiger partial charge in [-0.15, -0.1) is 0 Å². The second-order valence-corrected chi connectivity index (χ2v) is 7.46. The summed E-state index contributed by atoms with van der Waals surface area (Å²) in [5, 5.41) is 0.441. The maximum Gasteiger partial charge on any atom is 0.255 e. The highest BCUT2D eigenvalue weighted by Crippen LogP contribution is 2.27. The molecule has 0 radical (unpaired) electrons. The van der Waals surface area contributed by atoms with Crippen LogP contribution in [0.15, 0.2) is 41.2 Å². The highest BCUT2D eigenvalue weighted by Gasteiger charge is 2.23. The minimum absolute atomic E-state index is 0.169. The van der Waals surface area contributed by atoms with Crippen molar-refractivity contribution in [1.29, 1.82) is 0 Å². The second kappa shape index (κ2) is 7.37. The lowest BCUT2D eigenvalue weighted by Gasteiger charge is -2.28. The molecule has 2 heterocycles. The Hall–Kier alpha value is -2.70. The van der Waals surface area contributed by atoms with E-state index < -0.39 is 0 Å². The summed E-state index contributed by atoms with van der Waals surface area (Å²) in [4.78, 5) is 22.2. The Kier molecular flexibility index (Phi) is 4.91. The summed E-state index contributed by atoms with van der Waals surface area (Å²) in [5.74, 6) is 0.206. The van der Waals surface area contributed by atoms with E-state index in [1.807, 2.05) is 24.0 Å². The average molecular weight is 399 g/mol. The Balaban J connectivity index is 1.61. The van der Waals surface area contributed by atoms with Crippen LogP contribution in [0, 0.1) is 12.7 Å². The van der Waals surface area contributed by atoms with Gasteiger partial charge in [0, 0.05) is 42.9 Å². The smallest absolute Gasteiger partial charge is 0.255 e. The molecule has 0 fully saturated rings. The number of nitrogen functional groups attached to an aromatic ring is 1. The summed E-state index contributed by atoms with van der Waals surface area (Å²) < 4.78 is 14.2. The number of anilines is 1. The normalized spacial score (nSPS) is 14.1. The van der Waals surface area contributed by atoms with Gasteiger partial charge in [-0.25, -0.2) is 9.37 Å². The number of hydrogen-bond acceptors (Lipinski definition) is 4. The molecular weight excluding hydrogens is 379 g/mol. The first-order valence-electron chi connectivity index (χ1n) is 9.06. The van der Waals surface area contributed by atoms with E-state index in [4.69, 9.17) is 17.3 Å². The predicted octanol–water partition coefficient (Wildman–Crippen LogP) is 3.68. The number of nitrogens with two attached hydrogens (primary N) is 1. The van der Waals surface area contributed by atoms with E-state index in [1.165, 1.54) is 6.07 Å². The molecule has 1 aromatic heterocycles. The highest BCUT2D eigenvalue weighted by atomic mass is 35.5. The van der Waals surface area contributed by atoms with E-state index in [1.54, 1.807) is 18.2 Å². The van der Waals surface area contributed by atoms with Gasteiger partial charge in [-0.2, -0.15) is 0 Å². The zero-order chi connectivity index (χ0) is 19.8. The van der Waals surface area contributed by atoms with Gasteiger partial charge < -0.3 is 10.7 Å². The molecule has 0 atom stereocenters. The van der Waals surface area contributed by atoms with Gasteiger partial charge in [-0.1, -0.05) is 17.7 Å². The minimum Gasteiger partial charge on any atom is -0.399 e. The fourth-order valence-corrected chi connectivity index (χ4v) is 3.69. The fourth-order valence-electron chi connectivity index (χ4n) is 3.48. The Morgan fingerprint density at radius 3 is 2.75 bits per heavy atom. The van der Waals surface area contributed by atoms with Crippen LogP contribution in [-0.2, 0) is 19.5 Å². The number of aromatic nitrogens is 2. The molecule has 3 aromatic rings. The molecule has 28 heavy (non-hydrogen) atoms. The quantitative estimate of drug-likeness (QED) is 0.660. The average Bonchev–Trinajstić information content (AvgIpc) is 2.69. The number of aryl methyl sites for hydroxylation is 1. The molecule has 0 bridgehead atoms. The first-order chi connectivity index (χ1) is 13.4. The largest absolute Gasteiger partial charge is 0.399 e. The lowest BCUT2D eigenvalue weighted by Crippen LogP contribution is -2.35. The van der Waals surface area contributed by atoms with Gasteiger partial charge in [-0.05, 0) is 42.8 Å². The van der Waals surface area contributed by atoms with Crippen molar-refractivity contribution in [1.82, 2.24) is 14.9 Å². The van der Waals surface area contributed by atoms with Crippen LogP contribution in [0.2, 0.25) is 5.02 Å². The molecule has 7 heteroatoms. The third-order valence-electron chi connectivity index (χ3n) is 5.09. The van der Waals surface area contributed by atoms with Gasteiger partial charge in [-0.3, -0.25) is 9.69 Å². The molecule has 0 spiro atoms. The molecule has 144 valence electrons. The van der Waals surface area contributed by atoms with E-state index in [9.17, 15) is 9.18 Å². The van der Waals surface area contributed by atoms with Crippen molar-refractivity contribution in [2.75, 3.05) is 12.3 Å². The number of fused-ring (bicyclic) bond motifs is 1. The van der Waals surface area contributed by atoms with Crippen molar-refractivity contribution < 1.29 is 4.39 Å². The van der Waals surface area contributed by atoms with Gasteiger partial charge in [0.15, 0.2) is 0 Å². The monoisotopic (exact) mass is 398 g/mol. The van der Waals surface area contributed by atoms with Crippen molar-refractivity contribution in [2.24, 2.45) is 0 Å². The van der Waals surface area contributed by atoms with Crippen LogP contribution in [0.5, 0.6) is 0 Å². The van der Waals surface area contributed by atoms with E-state index in [2.05, 4.69) is 9.97 Å². The van der Waals surface area contributed by atoms with Gasteiger partial charge in [0.2, 0.25) is 0 Å². The van der Waals surface area contributed by atoms with Gasteiger partial charge >= 0.3 is 0 Å². The van der Waals surface area contributed by atoms with Crippen molar-refractivity contribution in [3.05, 3.63) is 80.0 Å². The standard InChI is InChI=1S/C21H20ClFN4O/c1-12-2-7-17(23)15(19(12)22)10-27-9-8-18-16(11-27)21(28)26-20(25-18)13-3-5-14(24)6-4-13/h2-7H,8-11,24H2,1H3,(H,25,26,28). The molecule has 5 nitrogen and oxygen atoms in total. The third kappa shape index (κ3) is 3.53. The van der Waals surface area contributed by atoms with E-state index in [0.717, 1.165) is 16.8 Å². The molecule has 3 N–H and O–H groups in total. The number of rotatable bonds is 3. The maximum atomic E-state index is 14.2. The molecule has 0 saturated heterocycles. The molecule has 0 amide bonds. The first-order valence-corrected chi connectivity index (χ1v) is 9.44. The SMILES string of the molecule is Cc1ccc(F)c(CN2CCc3nc(-c4ccc(N)cc4)[nH]c(=O)c3C2)c1Cl. The Morgan fingerprint density at radius 1 is 1.25 bits per heavy atom. The Bertz CT molecular complexity index is 1090. The lowest BCUT2D eigenvalue weighted by atomic mass is 10.0. The van der Waals surface area contributed by atoms with E-state index in [0.29, 0.717) is 53.7 Å². The highest BCUT2D eigenvalue weighted by molar-refractivity contribution is 6.32. The van der Waals surface area contributed by atoms with Crippen LogP contribution < -0.4 is 11.3 Å². The molecule has 0 unspecified atom stereocenters. The van der Waals surface area contributed by atoms with Crippen LogP contribution >= 0.6 is 11.6 Å². The maximum absolute atomic E-state index is 14.2. The summed E-state index contributed by atoms with van der Waals surface area (Å²) in [6, 6.07) is 10.3. The number of H-pyrrole nitrogens is 1. The van der Waals surface area contributed by atoms with Crippen molar-refractivity contribution in [3.63, 3.8) is 0 Å². The molecule has 1 aliphatic heterocycles. The van der Waals surface area contributed by atoms with E-state index in [-0.39, 0.29) is 11.4 Å². The minimum atomic E-state index is -0.327. The zero-order valence-electron chi connectivity index (χ0n) is 15.4. The van der Waals surface area contributed by atoms with Crippen LogP contribution in [-0.4, -0.2) is 21.4 Å². The lowest BCUT2D eigenvalue weighted by molar-refractivity contribution is 0.238.